The van der Waals surface area contributed by atoms with Crippen LogP contribution in [0.5, 0.6) is 5.75 Å². The molecule has 0 bridgehead atoms. The van der Waals surface area contributed by atoms with Gasteiger partial charge in [-0.05, 0) is 54.1 Å². The maximum atomic E-state index is 12.8. The fourth-order valence-electron chi connectivity index (χ4n) is 2.57. The third-order valence-electron chi connectivity index (χ3n) is 4.04. The normalized spacial score (nSPS) is 10.9. The van der Waals surface area contributed by atoms with Gasteiger partial charge in [0.25, 0.3) is 11.8 Å². The van der Waals surface area contributed by atoms with Crippen molar-refractivity contribution < 1.29 is 14.3 Å². The van der Waals surface area contributed by atoms with Crippen LogP contribution in [0.15, 0.2) is 84.6 Å². The molecule has 0 radical (unpaired) electrons. The molecule has 29 heavy (non-hydrogen) atoms. The topological polar surface area (TPSA) is 67.4 Å². The van der Waals surface area contributed by atoms with E-state index < -0.39 is 11.8 Å². The molecule has 0 saturated carbocycles. The molecule has 5 nitrogen and oxygen atoms in total. The van der Waals surface area contributed by atoms with Crippen LogP contribution in [0.3, 0.4) is 0 Å². The molecule has 0 aromatic heterocycles. The highest BCUT2D eigenvalue weighted by atomic mass is 35.5. The predicted octanol–water partition coefficient (Wildman–Crippen LogP) is 4.76. The van der Waals surface area contributed by atoms with Gasteiger partial charge in [-0.3, -0.25) is 9.59 Å². The smallest absolute Gasteiger partial charge is 0.272 e. The Bertz CT molecular complexity index is 1030. The van der Waals surface area contributed by atoms with Crippen LogP contribution in [-0.2, 0) is 4.79 Å². The zero-order valence-electron chi connectivity index (χ0n) is 15.7. The first-order valence-corrected chi connectivity index (χ1v) is 9.22. The van der Waals surface area contributed by atoms with Crippen LogP contribution < -0.4 is 15.4 Å². The number of amides is 2. The van der Waals surface area contributed by atoms with Crippen molar-refractivity contribution in [1.29, 1.82) is 0 Å². The summed E-state index contributed by atoms with van der Waals surface area (Å²) in [5.74, 6) is -0.182. The lowest BCUT2D eigenvalue weighted by Crippen LogP contribution is -2.30. The molecule has 0 fully saturated rings. The first-order chi connectivity index (χ1) is 14.0. The Morgan fingerprint density at radius 2 is 1.66 bits per heavy atom. The molecular formula is C23H19ClN2O3. The van der Waals surface area contributed by atoms with Gasteiger partial charge in [-0.25, -0.2) is 0 Å². The lowest BCUT2D eigenvalue weighted by molar-refractivity contribution is -0.113. The highest BCUT2D eigenvalue weighted by Crippen LogP contribution is 2.16. The molecule has 6 heteroatoms. The van der Waals surface area contributed by atoms with Crippen molar-refractivity contribution in [1.82, 2.24) is 5.32 Å². The van der Waals surface area contributed by atoms with Crippen LogP contribution >= 0.6 is 11.6 Å². The zero-order valence-corrected chi connectivity index (χ0v) is 16.4. The summed E-state index contributed by atoms with van der Waals surface area (Å²) in [5, 5.41) is 5.90. The summed E-state index contributed by atoms with van der Waals surface area (Å²) in [6, 6.07) is 22.7. The van der Waals surface area contributed by atoms with Crippen LogP contribution in [0.25, 0.3) is 6.08 Å². The van der Waals surface area contributed by atoms with E-state index in [1.165, 1.54) is 6.07 Å². The van der Waals surface area contributed by atoms with Crippen LogP contribution in [-0.4, -0.2) is 18.9 Å². The average molecular weight is 407 g/mol. The summed E-state index contributed by atoms with van der Waals surface area (Å²) in [5.41, 5.74) is 1.81. The summed E-state index contributed by atoms with van der Waals surface area (Å²) in [4.78, 5) is 25.5. The van der Waals surface area contributed by atoms with Gasteiger partial charge in [0.15, 0.2) is 0 Å². The van der Waals surface area contributed by atoms with Crippen molar-refractivity contribution in [2.24, 2.45) is 0 Å². The number of hydrogen-bond donors (Lipinski definition) is 2. The van der Waals surface area contributed by atoms with E-state index in [1.54, 1.807) is 67.8 Å². The predicted molar refractivity (Wildman–Crippen MR) is 115 cm³/mol. The third kappa shape index (κ3) is 5.70. The molecule has 3 rings (SSSR count). The van der Waals surface area contributed by atoms with E-state index in [1.807, 2.05) is 18.2 Å². The van der Waals surface area contributed by atoms with Gasteiger partial charge in [0, 0.05) is 16.3 Å². The van der Waals surface area contributed by atoms with Gasteiger partial charge in [-0.15, -0.1) is 0 Å². The minimum Gasteiger partial charge on any atom is -0.497 e. The van der Waals surface area contributed by atoms with E-state index in [-0.39, 0.29) is 5.70 Å². The van der Waals surface area contributed by atoms with Gasteiger partial charge in [0.2, 0.25) is 0 Å². The van der Waals surface area contributed by atoms with E-state index in [4.69, 9.17) is 16.3 Å². The molecule has 3 aromatic carbocycles. The number of nitrogens with one attached hydrogen (secondary N) is 2. The molecule has 0 aliphatic carbocycles. The lowest BCUT2D eigenvalue weighted by atomic mass is 10.1. The molecule has 0 spiro atoms. The maximum Gasteiger partial charge on any atom is 0.272 e. The Hall–Kier alpha value is -3.57. The van der Waals surface area contributed by atoms with Crippen molar-refractivity contribution in [2.75, 3.05) is 12.4 Å². The number of carbonyl (C=O) groups is 2. The molecule has 0 atom stereocenters. The van der Waals surface area contributed by atoms with Crippen molar-refractivity contribution in [3.63, 3.8) is 0 Å². The molecule has 0 unspecified atom stereocenters. The van der Waals surface area contributed by atoms with Gasteiger partial charge < -0.3 is 15.4 Å². The van der Waals surface area contributed by atoms with Crippen LogP contribution in [0, 0.1) is 0 Å². The Morgan fingerprint density at radius 1 is 0.931 bits per heavy atom. The standard InChI is InChI=1S/C23H19ClN2O3/c1-29-20-12-10-16(11-13-20)14-21(23(28)25-19-8-3-2-4-9-19)26-22(27)17-6-5-7-18(24)15-17/h2-15H,1H3,(H,25,28)(H,26,27). The fourth-order valence-corrected chi connectivity index (χ4v) is 2.76. The molecule has 2 N–H and O–H groups in total. The van der Waals surface area contributed by atoms with Gasteiger partial charge in [-0.2, -0.15) is 0 Å². The fraction of sp³-hybridized carbons (Fsp3) is 0.0435. The molecular weight excluding hydrogens is 388 g/mol. The number of hydrogen-bond acceptors (Lipinski definition) is 3. The number of para-hydroxylation sites is 1. The second-order valence-electron chi connectivity index (χ2n) is 6.12. The van der Waals surface area contributed by atoms with Gasteiger partial charge in [0.1, 0.15) is 11.4 Å². The SMILES string of the molecule is COc1ccc(C=C(NC(=O)c2cccc(Cl)c2)C(=O)Nc2ccccc2)cc1. The Morgan fingerprint density at radius 3 is 2.31 bits per heavy atom. The average Bonchev–Trinajstić information content (AvgIpc) is 2.74. The lowest BCUT2D eigenvalue weighted by Gasteiger charge is -2.12. The first-order valence-electron chi connectivity index (χ1n) is 8.84. The number of methoxy groups -OCH3 is 1. The van der Waals surface area contributed by atoms with Gasteiger partial charge in [0.05, 0.1) is 7.11 Å². The van der Waals surface area contributed by atoms with Crippen LogP contribution in [0.4, 0.5) is 5.69 Å². The summed E-state index contributed by atoms with van der Waals surface area (Å²) in [6.45, 7) is 0. The monoisotopic (exact) mass is 406 g/mol. The van der Waals surface area contributed by atoms with Crippen molar-refractivity contribution in [3.8, 4) is 5.75 Å². The summed E-state index contributed by atoms with van der Waals surface area (Å²) in [7, 11) is 1.58. The molecule has 2 amide bonds. The maximum absolute atomic E-state index is 12.8. The van der Waals surface area contributed by atoms with E-state index in [9.17, 15) is 9.59 Å². The zero-order chi connectivity index (χ0) is 20.6. The third-order valence-corrected chi connectivity index (χ3v) is 4.27. The molecule has 0 saturated heterocycles. The number of carbonyl (C=O) groups excluding carboxylic acids is 2. The minimum absolute atomic E-state index is 0.101. The Kier molecular flexibility index (Phi) is 6.66. The molecule has 0 heterocycles. The number of anilines is 1. The molecule has 146 valence electrons. The summed E-state index contributed by atoms with van der Waals surface area (Å²) >= 11 is 5.97. The number of rotatable bonds is 6. The van der Waals surface area contributed by atoms with E-state index in [2.05, 4.69) is 10.6 Å². The largest absolute Gasteiger partial charge is 0.497 e. The quantitative estimate of drug-likeness (QED) is 0.580. The second kappa shape index (κ2) is 9.57. The highest BCUT2D eigenvalue weighted by molar-refractivity contribution is 6.31. The summed E-state index contributed by atoms with van der Waals surface area (Å²) in [6.07, 6.45) is 1.60. The number of ether oxygens (including phenoxy) is 1. The van der Waals surface area contributed by atoms with Crippen LogP contribution in [0.1, 0.15) is 15.9 Å². The molecule has 3 aromatic rings. The van der Waals surface area contributed by atoms with E-state index in [0.29, 0.717) is 22.0 Å². The van der Waals surface area contributed by atoms with Gasteiger partial charge in [-0.1, -0.05) is 48.0 Å². The van der Waals surface area contributed by atoms with Crippen molar-refractivity contribution >= 4 is 35.2 Å². The van der Waals surface area contributed by atoms with E-state index >= 15 is 0 Å². The number of halogens is 1. The first kappa shape index (κ1) is 20.2. The van der Waals surface area contributed by atoms with Gasteiger partial charge >= 0.3 is 0 Å². The van der Waals surface area contributed by atoms with Crippen LogP contribution in [0.2, 0.25) is 5.02 Å². The highest BCUT2D eigenvalue weighted by Gasteiger charge is 2.15. The van der Waals surface area contributed by atoms with Crippen molar-refractivity contribution in [2.45, 2.75) is 0 Å². The second-order valence-corrected chi connectivity index (χ2v) is 6.55. The summed E-state index contributed by atoms with van der Waals surface area (Å²) < 4.78 is 5.15. The number of benzene rings is 3. The Balaban J connectivity index is 1.88. The molecule has 0 aliphatic rings. The van der Waals surface area contributed by atoms with Crippen molar-refractivity contribution in [3.05, 3.63) is 101 Å². The minimum atomic E-state index is -0.442. The van der Waals surface area contributed by atoms with E-state index in [0.717, 1.165) is 5.56 Å². The Labute approximate surface area is 174 Å². The molecule has 0 aliphatic heterocycles.